The first-order valence-electron chi connectivity index (χ1n) is 15.7. The Balaban J connectivity index is 1.22. The van der Waals surface area contributed by atoms with Crippen molar-refractivity contribution in [3.8, 4) is 17.5 Å². The van der Waals surface area contributed by atoms with Crippen LogP contribution in [0.2, 0.25) is 0 Å². The molecule has 0 aliphatic carbocycles. The van der Waals surface area contributed by atoms with Crippen molar-refractivity contribution in [2.75, 3.05) is 30.9 Å². The van der Waals surface area contributed by atoms with Gasteiger partial charge >= 0.3 is 11.4 Å². The Kier molecular flexibility index (Phi) is 7.40. The van der Waals surface area contributed by atoms with Crippen molar-refractivity contribution in [3.05, 3.63) is 117 Å². The summed E-state index contributed by atoms with van der Waals surface area (Å²) in [4.78, 5) is 41.3. The van der Waals surface area contributed by atoms with E-state index in [9.17, 15) is 9.59 Å². The summed E-state index contributed by atoms with van der Waals surface area (Å²) < 4.78 is 21.2. The highest BCUT2D eigenvalue weighted by molar-refractivity contribution is 5.89. The van der Waals surface area contributed by atoms with Crippen LogP contribution >= 0.6 is 0 Å². The molecule has 0 radical (unpaired) electrons. The largest absolute Gasteiger partial charge is 0.489 e. The third kappa shape index (κ3) is 5.77. The van der Waals surface area contributed by atoms with Gasteiger partial charge in [-0.1, -0.05) is 36.4 Å². The Bertz CT molecular complexity index is 2360. The molecule has 6 aromatic rings. The van der Waals surface area contributed by atoms with Gasteiger partial charge in [-0.3, -0.25) is 9.13 Å². The number of ether oxygens (including phenoxy) is 3. The maximum atomic E-state index is 13.4. The van der Waals surface area contributed by atoms with Crippen LogP contribution in [0.3, 0.4) is 0 Å². The number of pyridine rings is 2. The van der Waals surface area contributed by atoms with Crippen LogP contribution < -0.4 is 36.6 Å². The summed E-state index contributed by atoms with van der Waals surface area (Å²) >= 11 is 0. The van der Waals surface area contributed by atoms with E-state index >= 15 is 0 Å². The van der Waals surface area contributed by atoms with Crippen molar-refractivity contribution in [2.45, 2.75) is 25.9 Å². The van der Waals surface area contributed by atoms with Gasteiger partial charge < -0.3 is 35.2 Å². The number of aromatic nitrogens is 6. The Morgan fingerprint density at radius 1 is 0.729 bits per heavy atom. The highest BCUT2D eigenvalue weighted by atomic mass is 16.5. The second-order valence-electron chi connectivity index (χ2n) is 11.7. The molecule has 0 saturated heterocycles. The number of benzene rings is 2. The normalized spacial score (nSPS) is 16.0. The van der Waals surface area contributed by atoms with Crippen LogP contribution in [-0.2, 0) is 19.5 Å². The second-order valence-corrected chi connectivity index (χ2v) is 11.7. The standard InChI is InChI=1S/C35H32N8O5/c36-32-30-26-17-28(38-32)47-12-5-4-10-46-25-15-23(20-43(26)34(44)40-30)14-24(16-25)37-33-31-27-18-29(39-33)48-11-3-1-2-7-21-8-6-9-22(13-21)19-42(27)35(45)41-31/h1-2,4-6,8-9,13-18H,3,7,10-12,19-20H2,(H2,36,38)(H,37,39)(H,40,44)(H,41,45)/b2-1+,5-4+. The van der Waals surface area contributed by atoms with Crippen molar-refractivity contribution in [3.63, 3.8) is 0 Å². The molecule has 13 nitrogen and oxygen atoms in total. The minimum absolute atomic E-state index is 0.174. The Hall–Kier alpha value is -6.24. The highest BCUT2D eigenvalue weighted by Gasteiger charge is 2.18. The number of nitrogens with one attached hydrogen (secondary N) is 3. The molecule has 0 spiro atoms. The van der Waals surface area contributed by atoms with Crippen molar-refractivity contribution in [1.82, 2.24) is 29.1 Å². The number of fused-ring (bicyclic) bond motifs is 6. The van der Waals surface area contributed by atoms with Gasteiger partial charge in [0.1, 0.15) is 30.0 Å². The summed E-state index contributed by atoms with van der Waals surface area (Å²) in [6.45, 7) is 1.55. The molecule has 242 valence electrons. The molecule has 0 saturated carbocycles. The molecule has 0 atom stereocenters. The van der Waals surface area contributed by atoms with Crippen molar-refractivity contribution in [1.29, 1.82) is 0 Å². The number of nitrogen functional groups attached to an aromatic ring is 1. The number of aromatic amines is 2. The molecule has 8 bridgehead atoms. The van der Waals surface area contributed by atoms with Gasteiger partial charge in [-0.2, -0.15) is 9.97 Å². The number of allylic oxidation sites excluding steroid dienone is 1. The van der Waals surface area contributed by atoms with Crippen molar-refractivity contribution >= 4 is 39.4 Å². The molecule has 2 aliphatic heterocycles. The zero-order valence-electron chi connectivity index (χ0n) is 25.9. The summed E-state index contributed by atoms with van der Waals surface area (Å²) in [7, 11) is 0. The Morgan fingerprint density at radius 3 is 2.31 bits per heavy atom. The summed E-state index contributed by atoms with van der Waals surface area (Å²) in [5, 5.41) is 3.40. The van der Waals surface area contributed by atoms with E-state index in [4.69, 9.17) is 24.9 Å². The van der Waals surface area contributed by atoms with Gasteiger partial charge in [0.2, 0.25) is 11.8 Å². The van der Waals surface area contributed by atoms with E-state index in [1.165, 1.54) is 5.56 Å². The molecule has 8 rings (SSSR count). The molecular weight excluding hydrogens is 612 g/mol. The van der Waals surface area contributed by atoms with Gasteiger partial charge in [0.25, 0.3) is 0 Å². The monoisotopic (exact) mass is 644 g/mol. The SMILES string of the molecule is Nc1nc2cc3c1[nH]c(=O)n3Cc1cc(Nc3nc4cc5c3[nH]c(=O)n5Cc3cccc(c3)C/C=C/CCO4)cc(c1)OC/C=C/CO2. The number of H-pyrrole nitrogens is 2. The predicted molar refractivity (Wildman–Crippen MR) is 183 cm³/mol. The van der Waals surface area contributed by atoms with Gasteiger partial charge in [0, 0.05) is 23.9 Å². The summed E-state index contributed by atoms with van der Waals surface area (Å²) in [5.74, 6) is 1.86. The lowest BCUT2D eigenvalue weighted by atomic mass is 10.1. The van der Waals surface area contributed by atoms with E-state index < -0.39 is 0 Å². The fraction of sp³-hybridized carbons (Fsp3) is 0.200. The van der Waals surface area contributed by atoms with E-state index in [1.54, 1.807) is 21.3 Å². The number of hydrogen-bond donors (Lipinski definition) is 4. The van der Waals surface area contributed by atoms with E-state index in [0.717, 1.165) is 17.5 Å². The van der Waals surface area contributed by atoms with Crippen LogP contribution in [0.1, 0.15) is 23.1 Å². The number of rotatable bonds is 2. The maximum Gasteiger partial charge on any atom is 0.326 e. The van der Waals surface area contributed by atoms with Gasteiger partial charge in [-0.15, -0.1) is 0 Å². The van der Waals surface area contributed by atoms with Gasteiger partial charge in [0.15, 0.2) is 11.6 Å². The maximum absolute atomic E-state index is 13.4. The first kappa shape index (κ1) is 29.2. The number of imidazole rings is 2. The van der Waals surface area contributed by atoms with Crippen LogP contribution in [-0.4, -0.2) is 48.9 Å². The molecule has 4 aromatic heterocycles. The Morgan fingerprint density at radius 2 is 1.46 bits per heavy atom. The summed E-state index contributed by atoms with van der Waals surface area (Å²) in [6, 6.07) is 17.4. The number of anilines is 3. The fourth-order valence-electron chi connectivity index (χ4n) is 6.08. The topological polar surface area (TPSA) is 167 Å². The van der Waals surface area contributed by atoms with Crippen LogP contribution in [0.5, 0.6) is 17.5 Å². The number of nitrogens with zero attached hydrogens (tertiary/aromatic N) is 4. The highest BCUT2D eigenvalue weighted by Crippen LogP contribution is 2.31. The van der Waals surface area contributed by atoms with Gasteiger partial charge in [-0.25, -0.2) is 9.59 Å². The molecule has 0 fully saturated rings. The molecule has 13 heteroatoms. The smallest absolute Gasteiger partial charge is 0.326 e. The van der Waals surface area contributed by atoms with Gasteiger partial charge in [0.05, 0.1) is 30.7 Å². The van der Waals surface area contributed by atoms with Crippen LogP contribution in [0, 0.1) is 0 Å². The molecular formula is C35H32N8O5. The summed E-state index contributed by atoms with van der Waals surface area (Å²) in [6.07, 6.45) is 9.42. The molecule has 2 aromatic carbocycles. The molecule has 6 heterocycles. The average molecular weight is 645 g/mol. The van der Waals surface area contributed by atoms with Crippen LogP contribution in [0.15, 0.2) is 88.5 Å². The van der Waals surface area contributed by atoms with E-state index in [1.807, 2.05) is 42.5 Å². The molecule has 0 amide bonds. The van der Waals surface area contributed by atoms with E-state index in [2.05, 4.69) is 44.6 Å². The van der Waals surface area contributed by atoms with Crippen molar-refractivity contribution < 1.29 is 14.2 Å². The zero-order chi connectivity index (χ0) is 32.6. The van der Waals surface area contributed by atoms with Crippen LogP contribution in [0.4, 0.5) is 17.3 Å². The zero-order valence-corrected chi connectivity index (χ0v) is 25.9. The first-order chi connectivity index (χ1) is 23.5. The minimum Gasteiger partial charge on any atom is -0.489 e. The molecule has 48 heavy (non-hydrogen) atoms. The lowest BCUT2D eigenvalue weighted by Crippen LogP contribution is -2.17. The number of hydrogen-bond acceptors (Lipinski definition) is 9. The molecule has 2 aliphatic rings. The van der Waals surface area contributed by atoms with Crippen LogP contribution in [0.25, 0.3) is 22.1 Å². The Labute approximate surface area is 273 Å². The van der Waals surface area contributed by atoms with Gasteiger partial charge in [-0.05, 0) is 53.8 Å². The third-order valence-electron chi connectivity index (χ3n) is 8.31. The molecule has 0 unspecified atom stereocenters. The number of nitrogens with two attached hydrogens (primary N) is 1. The summed E-state index contributed by atoms with van der Waals surface area (Å²) in [5.41, 5.74) is 11.4. The lowest BCUT2D eigenvalue weighted by Gasteiger charge is -2.15. The predicted octanol–water partition coefficient (Wildman–Crippen LogP) is 4.39. The van der Waals surface area contributed by atoms with E-state index in [-0.39, 0.29) is 37.0 Å². The molecule has 5 N–H and O–H groups in total. The average Bonchev–Trinajstić information content (AvgIpc) is 3.55. The third-order valence-corrected chi connectivity index (χ3v) is 8.31. The lowest BCUT2D eigenvalue weighted by molar-refractivity contribution is 0.313. The quantitative estimate of drug-likeness (QED) is 0.200. The fourth-order valence-corrected chi connectivity index (χ4v) is 6.08. The van der Waals surface area contributed by atoms with E-state index in [0.29, 0.717) is 70.7 Å². The second kappa shape index (κ2) is 12.2. The first-order valence-corrected chi connectivity index (χ1v) is 15.7. The minimum atomic E-state index is -0.337. The van der Waals surface area contributed by atoms with Crippen molar-refractivity contribution in [2.24, 2.45) is 0 Å².